The quantitative estimate of drug-likeness (QED) is 0.259. The molecule has 0 bridgehead atoms. The van der Waals surface area contributed by atoms with Gasteiger partial charge in [0, 0.05) is 0 Å². The molecule has 37 heavy (non-hydrogen) atoms. The zero-order valence-corrected chi connectivity index (χ0v) is 20.9. The number of hydrogen-bond donors (Lipinski definition) is 1. The SMILES string of the molecule is COC(=O)c1ccc(COc2ccc(/C=C3/C(=O)NC(=O)N(c4cccc(Cl)c4Cl)C3=O)cc2OC)o1. The van der Waals surface area contributed by atoms with Crippen LogP contribution in [0.4, 0.5) is 10.5 Å². The fourth-order valence-corrected chi connectivity index (χ4v) is 3.80. The molecule has 4 amide bonds. The van der Waals surface area contributed by atoms with Crippen molar-refractivity contribution < 1.29 is 37.8 Å². The van der Waals surface area contributed by atoms with E-state index in [-0.39, 0.29) is 33.7 Å². The summed E-state index contributed by atoms with van der Waals surface area (Å²) in [5.74, 6) is -1.31. The number of ether oxygens (including phenoxy) is 3. The number of carbonyl (C=O) groups excluding carboxylic acids is 4. The van der Waals surface area contributed by atoms with Crippen LogP contribution in [0.3, 0.4) is 0 Å². The van der Waals surface area contributed by atoms with Gasteiger partial charge in [-0.1, -0.05) is 35.3 Å². The maximum atomic E-state index is 13.1. The third kappa shape index (κ3) is 5.30. The smallest absolute Gasteiger partial charge is 0.373 e. The highest BCUT2D eigenvalue weighted by molar-refractivity contribution is 6.46. The van der Waals surface area contributed by atoms with Crippen molar-refractivity contribution in [1.29, 1.82) is 0 Å². The molecule has 0 atom stereocenters. The lowest BCUT2D eigenvalue weighted by Crippen LogP contribution is -2.54. The second kappa shape index (κ2) is 10.8. The number of furan rings is 1. The summed E-state index contributed by atoms with van der Waals surface area (Å²) in [6, 6.07) is 11.2. The molecule has 1 fully saturated rings. The van der Waals surface area contributed by atoms with Gasteiger partial charge in [-0.25, -0.2) is 14.5 Å². The topological polar surface area (TPSA) is 124 Å². The predicted octanol–water partition coefficient (Wildman–Crippen LogP) is 4.63. The van der Waals surface area contributed by atoms with Crippen molar-refractivity contribution in [2.45, 2.75) is 6.61 Å². The number of halogens is 2. The number of hydrogen-bond acceptors (Lipinski definition) is 8. The first-order valence-electron chi connectivity index (χ1n) is 10.6. The maximum absolute atomic E-state index is 13.1. The van der Waals surface area contributed by atoms with Crippen molar-refractivity contribution in [2.75, 3.05) is 19.1 Å². The first kappa shape index (κ1) is 25.8. The molecule has 10 nitrogen and oxygen atoms in total. The van der Waals surface area contributed by atoms with E-state index >= 15 is 0 Å². The van der Waals surface area contributed by atoms with Crippen LogP contribution in [0.2, 0.25) is 10.0 Å². The lowest BCUT2D eigenvalue weighted by molar-refractivity contribution is -0.122. The Balaban J connectivity index is 1.58. The number of nitrogens with one attached hydrogen (secondary N) is 1. The number of imide groups is 2. The first-order chi connectivity index (χ1) is 17.7. The Hall–Kier alpha value is -4.28. The number of esters is 1. The summed E-state index contributed by atoms with van der Waals surface area (Å²) in [5.41, 5.74) is 0.141. The van der Waals surface area contributed by atoms with Gasteiger partial charge in [-0.2, -0.15) is 0 Å². The highest BCUT2D eigenvalue weighted by Crippen LogP contribution is 2.35. The number of carbonyl (C=O) groups is 4. The van der Waals surface area contributed by atoms with E-state index in [0.29, 0.717) is 22.8 Å². The second-order valence-corrected chi connectivity index (χ2v) is 8.27. The molecular weight excluding hydrogens is 527 g/mol. The summed E-state index contributed by atoms with van der Waals surface area (Å²) in [6.45, 7) is -0.00779. The molecule has 12 heteroatoms. The number of methoxy groups -OCH3 is 2. The Morgan fingerprint density at radius 2 is 1.84 bits per heavy atom. The van der Waals surface area contributed by atoms with Gasteiger partial charge in [0.15, 0.2) is 11.5 Å². The van der Waals surface area contributed by atoms with Crippen molar-refractivity contribution >= 4 is 58.8 Å². The van der Waals surface area contributed by atoms with Crippen molar-refractivity contribution in [3.8, 4) is 11.5 Å². The van der Waals surface area contributed by atoms with E-state index in [1.165, 1.54) is 50.6 Å². The van der Waals surface area contributed by atoms with Gasteiger partial charge in [-0.15, -0.1) is 0 Å². The number of barbiturate groups is 1. The molecular formula is C25H18Cl2N2O8. The minimum Gasteiger partial charge on any atom is -0.493 e. The van der Waals surface area contributed by atoms with Crippen molar-refractivity contribution in [1.82, 2.24) is 5.32 Å². The highest BCUT2D eigenvalue weighted by Gasteiger charge is 2.38. The summed E-state index contributed by atoms with van der Waals surface area (Å²) in [4.78, 5) is 50.3. The molecule has 0 saturated carbocycles. The van der Waals surface area contributed by atoms with Crippen LogP contribution in [0, 0.1) is 0 Å². The van der Waals surface area contributed by atoms with E-state index in [1.807, 2.05) is 0 Å². The molecule has 1 aliphatic rings. The van der Waals surface area contributed by atoms with E-state index in [4.69, 9.17) is 37.1 Å². The molecule has 190 valence electrons. The molecule has 0 spiro atoms. The summed E-state index contributed by atoms with van der Waals surface area (Å²) in [5, 5.41) is 2.25. The van der Waals surface area contributed by atoms with Crippen LogP contribution >= 0.6 is 23.2 Å². The van der Waals surface area contributed by atoms with Crippen molar-refractivity contribution in [2.24, 2.45) is 0 Å². The average molecular weight is 545 g/mol. The third-order valence-electron chi connectivity index (χ3n) is 5.19. The van der Waals surface area contributed by atoms with Gasteiger partial charge in [0.25, 0.3) is 11.8 Å². The Bertz CT molecular complexity index is 1450. The molecule has 0 aliphatic carbocycles. The summed E-state index contributed by atoms with van der Waals surface area (Å²) in [7, 11) is 2.66. The molecule has 0 radical (unpaired) electrons. The second-order valence-electron chi connectivity index (χ2n) is 7.49. The summed E-state index contributed by atoms with van der Waals surface area (Å²) >= 11 is 12.2. The van der Waals surface area contributed by atoms with Gasteiger partial charge in [-0.05, 0) is 48.0 Å². The van der Waals surface area contributed by atoms with E-state index in [9.17, 15) is 19.2 Å². The van der Waals surface area contributed by atoms with Crippen LogP contribution in [0.1, 0.15) is 21.9 Å². The summed E-state index contributed by atoms with van der Waals surface area (Å²) < 4.78 is 21.1. The molecule has 1 aromatic heterocycles. The number of amides is 4. The Morgan fingerprint density at radius 1 is 1.05 bits per heavy atom. The van der Waals surface area contributed by atoms with Gasteiger partial charge in [0.1, 0.15) is 17.9 Å². The minimum absolute atomic E-state index is 0.00779. The van der Waals surface area contributed by atoms with Crippen LogP contribution in [0.5, 0.6) is 11.5 Å². The van der Waals surface area contributed by atoms with Crippen LogP contribution in [-0.4, -0.2) is 38.0 Å². The van der Waals surface area contributed by atoms with Gasteiger partial charge in [0.05, 0.1) is 30.0 Å². The zero-order valence-electron chi connectivity index (χ0n) is 19.4. The van der Waals surface area contributed by atoms with E-state index in [0.717, 1.165) is 4.90 Å². The Labute approximate surface area is 220 Å². The fourth-order valence-electron chi connectivity index (χ4n) is 3.42. The number of urea groups is 1. The Kier molecular flexibility index (Phi) is 7.51. The van der Waals surface area contributed by atoms with Crippen LogP contribution in [0.15, 0.2) is 58.5 Å². The maximum Gasteiger partial charge on any atom is 0.373 e. The zero-order chi connectivity index (χ0) is 26.7. The van der Waals surface area contributed by atoms with Gasteiger partial charge in [0.2, 0.25) is 5.76 Å². The van der Waals surface area contributed by atoms with Crippen LogP contribution < -0.4 is 19.7 Å². The molecule has 1 aliphatic heterocycles. The normalized spacial score (nSPS) is 14.5. The molecule has 2 aromatic carbocycles. The first-order valence-corrected chi connectivity index (χ1v) is 11.3. The van der Waals surface area contributed by atoms with Gasteiger partial charge < -0.3 is 18.6 Å². The number of benzene rings is 2. The molecule has 4 rings (SSSR count). The highest BCUT2D eigenvalue weighted by atomic mass is 35.5. The van der Waals surface area contributed by atoms with E-state index < -0.39 is 23.8 Å². The van der Waals surface area contributed by atoms with E-state index in [2.05, 4.69) is 10.1 Å². The molecule has 3 aromatic rings. The van der Waals surface area contributed by atoms with Gasteiger partial charge >= 0.3 is 12.0 Å². The van der Waals surface area contributed by atoms with Gasteiger partial charge in [-0.3, -0.25) is 14.9 Å². The molecule has 2 heterocycles. The van der Waals surface area contributed by atoms with Crippen molar-refractivity contribution in [3.05, 3.63) is 81.2 Å². The van der Waals surface area contributed by atoms with Crippen LogP contribution in [-0.2, 0) is 20.9 Å². The number of rotatable bonds is 7. The summed E-state index contributed by atoms with van der Waals surface area (Å²) in [6.07, 6.45) is 1.30. The lowest BCUT2D eigenvalue weighted by Gasteiger charge is -2.27. The number of nitrogens with zero attached hydrogens (tertiary/aromatic N) is 1. The molecule has 1 N–H and O–H groups in total. The third-order valence-corrected chi connectivity index (χ3v) is 6.00. The standard InChI is InChI=1S/C25H18Cl2N2O8/c1-34-20-11-13(6-8-18(20)36-12-14-7-9-19(37-14)24(32)35-2)10-15-22(30)28-25(33)29(23(15)31)17-5-3-4-16(26)21(17)27/h3-11H,12H2,1-2H3,(H,28,30,33)/b15-10-. The predicted molar refractivity (Wildman–Crippen MR) is 133 cm³/mol. The monoisotopic (exact) mass is 544 g/mol. The molecule has 0 unspecified atom stereocenters. The average Bonchev–Trinajstić information content (AvgIpc) is 3.36. The Morgan fingerprint density at radius 3 is 2.57 bits per heavy atom. The number of anilines is 1. The minimum atomic E-state index is -0.953. The van der Waals surface area contributed by atoms with Crippen molar-refractivity contribution in [3.63, 3.8) is 0 Å². The van der Waals surface area contributed by atoms with E-state index in [1.54, 1.807) is 18.2 Å². The molecule has 1 saturated heterocycles. The largest absolute Gasteiger partial charge is 0.493 e. The van der Waals surface area contributed by atoms with Crippen LogP contribution in [0.25, 0.3) is 6.08 Å². The fraction of sp³-hybridized carbons (Fsp3) is 0.120. The lowest BCUT2D eigenvalue weighted by atomic mass is 10.1.